The van der Waals surface area contributed by atoms with Crippen molar-refractivity contribution < 1.29 is 14.3 Å². The van der Waals surface area contributed by atoms with E-state index in [1.807, 2.05) is 27.7 Å². The summed E-state index contributed by atoms with van der Waals surface area (Å²) in [6.07, 6.45) is 0.911. The van der Waals surface area contributed by atoms with E-state index in [2.05, 4.69) is 4.74 Å². The standard InChI is InChI=1S/C14H28N2O3/c1-6-14(4,10-15)13(18)16(9-11(2)3)8-7-12(17)19-5/h11H,6-10,15H2,1-5H3. The van der Waals surface area contributed by atoms with Crippen molar-refractivity contribution in [2.75, 3.05) is 26.7 Å². The monoisotopic (exact) mass is 272 g/mol. The number of nitrogens with zero attached hydrogens (tertiary/aromatic N) is 1. The van der Waals surface area contributed by atoms with Gasteiger partial charge >= 0.3 is 5.97 Å². The lowest BCUT2D eigenvalue weighted by atomic mass is 9.85. The first-order chi connectivity index (χ1) is 8.80. The number of methoxy groups -OCH3 is 1. The van der Waals surface area contributed by atoms with Gasteiger partial charge in [0.25, 0.3) is 0 Å². The number of carbonyl (C=O) groups excluding carboxylic acids is 2. The molecule has 0 rings (SSSR count). The molecule has 0 aromatic heterocycles. The van der Waals surface area contributed by atoms with Crippen molar-refractivity contribution in [3.05, 3.63) is 0 Å². The lowest BCUT2D eigenvalue weighted by Crippen LogP contribution is -2.48. The molecule has 5 heteroatoms. The molecule has 0 bridgehead atoms. The van der Waals surface area contributed by atoms with Gasteiger partial charge in [0.15, 0.2) is 0 Å². The molecular weight excluding hydrogens is 244 g/mol. The summed E-state index contributed by atoms with van der Waals surface area (Å²) in [5.74, 6) is 0.0723. The molecule has 1 atom stereocenters. The van der Waals surface area contributed by atoms with Crippen molar-refractivity contribution >= 4 is 11.9 Å². The lowest BCUT2D eigenvalue weighted by Gasteiger charge is -2.34. The van der Waals surface area contributed by atoms with E-state index in [4.69, 9.17) is 5.73 Å². The first-order valence-electron chi connectivity index (χ1n) is 6.87. The summed E-state index contributed by atoms with van der Waals surface area (Å²) >= 11 is 0. The highest BCUT2D eigenvalue weighted by atomic mass is 16.5. The molecule has 1 amide bonds. The Morgan fingerprint density at radius 2 is 1.95 bits per heavy atom. The summed E-state index contributed by atoms with van der Waals surface area (Å²) < 4.78 is 4.62. The van der Waals surface area contributed by atoms with Gasteiger partial charge in [-0.3, -0.25) is 9.59 Å². The normalized spacial score (nSPS) is 14.1. The smallest absolute Gasteiger partial charge is 0.307 e. The summed E-state index contributed by atoms with van der Waals surface area (Å²) in [5.41, 5.74) is 5.18. The molecule has 19 heavy (non-hydrogen) atoms. The summed E-state index contributed by atoms with van der Waals surface area (Å²) in [5, 5.41) is 0. The topological polar surface area (TPSA) is 72.6 Å². The maximum absolute atomic E-state index is 12.6. The molecule has 0 aromatic carbocycles. The third-order valence-electron chi connectivity index (χ3n) is 3.43. The van der Waals surface area contributed by atoms with Crippen LogP contribution in [0.15, 0.2) is 0 Å². The van der Waals surface area contributed by atoms with Crippen LogP contribution in [0.3, 0.4) is 0 Å². The molecule has 5 nitrogen and oxygen atoms in total. The Balaban J connectivity index is 4.82. The lowest BCUT2D eigenvalue weighted by molar-refractivity contribution is -0.144. The van der Waals surface area contributed by atoms with Crippen molar-refractivity contribution in [3.8, 4) is 0 Å². The number of ether oxygens (including phenoxy) is 1. The minimum Gasteiger partial charge on any atom is -0.469 e. The first-order valence-corrected chi connectivity index (χ1v) is 6.87. The Bertz CT molecular complexity index is 299. The summed E-state index contributed by atoms with van der Waals surface area (Å²) in [6, 6.07) is 0. The molecule has 1 unspecified atom stereocenters. The summed E-state index contributed by atoms with van der Waals surface area (Å²) in [4.78, 5) is 25.5. The number of carbonyl (C=O) groups is 2. The Hall–Kier alpha value is -1.10. The van der Waals surface area contributed by atoms with Gasteiger partial charge in [-0.2, -0.15) is 0 Å². The first kappa shape index (κ1) is 17.9. The third-order valence-corrected chi connectivity index (χ3v) is 3.43. The molecule has 0 spiro atoms. The largest absolute Gasteiger partial charge is 0.469 e. The van der Waals surface area contributed by atoms with E-state index >= 15 is 0 Å². The predicted molar refractivity (Wildman–Crippen MR) is 75.5 cm³/mol. The highest BCUT2D eigenvalue weighted by molar-refractivity contribution is 5.83. The number of hydrogen-bond acceptors (Lipinski definition) is 4. The van der Waals surface area contributed by atoms with Crippen LogP contribution in [0.25, 0.3) is 0 Å². The van der Waals surface area contributed by atoms with Crippen LogP contribution >= 0.6 is 0 Å². The van der Waals surface area contributed by atoms with Crippen molar-refractivity contribution in [1.82, 2.24) is 4.90 Å². The van der Waals surface area contributed by atoms with Crippen LogP contribution in [-0.4, -0.2) is 43.5 Å². The van der Waals surface area contributed by atoms with Gasteiger partial charge in [0.2, 0.25) is 5.91 Å². The van der Waals surface area contributed by atoms with Crippen molar-refractivity contribution in [1.29, 1.82) is 0 Å². The molecule has 0 aliphatic carbocycles. The maximum Gasteiger partial charge on any atom is 0.307 e. The van der Waals surface area contributed by atoms with Crippen molar-refractivity contribution in [2.24, 2.45) is 17.1 Å². The van der Waals surface area contributed by atoms with E-state index in [1.165, 1.54) is 7.11 Å². The molecule has 0 aliphatic heterocycles. The van der Waals surface area contributed by atoms with Crippen LogP contribution in [0.4, 0.5) is 0 Å². The highest BCUT2D eigenvalue weighted by Gasteiger charge is 2.34. The number of amides is 1. The van der Waals surface area contributed by atoms with Crippen molar-refractivity contribution in [2.45, 2.75) is 40.5 Å². The van der Waals surface area contributed by atoms with E-state index in [0.29, 0.717) is 32.0 Å². The fourth-order valence-corrected chi connectivity index (χ4v) is 1.81. The zero-order valence-corrected chi connectivity index (χ0v) is 12.9. The minimum absolute atomic E-state index is 0.0232. The molecule has 0 heterocycles. The zero-order valence-electron chi connectivity index (χ0n) is 12.9. The number of esters is 1. The van der Waals surface area contributed by atoms with Gasteiger partial charge in [-0.05, 0) is 19.3 Å². The maximum atomic E-state index is 12.6. The van der Waals surface area contributed by atoms with Crippen LogP contribution in [-0.2, 0) is 14.3 Å². The van der Waals surface area contributed by atoms with Gasteiger partial charge in [0.1, 0.15) is 0 Å². The Labute approximate surface area is 116 Å². The molecule has 0 saturated carbocycles. The van der Waals surface area contributed by atoms with Crippen LogP contribution < -0.4 is 5.73 Å². The Morgan fingerprint density at radius 3 is 2.32 bits per heavy atom. The van der Waals surface area contributed by atoms with Crippen molar-refractivity contribution in [3.63, 3.8) is 0 Å². The number of nitrogens with two attached hydrogens (primary N) is 1. The number of rotatable bonds is 8. The van der Waals surface area contributed by atoms with E-state index < -0.39 is 5.41 Å². The van der Waals surface area contributed by atoms with E-state index in [0.717, 1.165) is 0 Å². The Morgan fingerprint density at radius 1 is 1.37 bits per heavy atom. The third kappa shape index (κ3) is 5.59. The molecule has 0 saturated heterocycles. The molecule has 0 aromatic rings. The molecule has 0 fully saturated rings. The minimum atomic E-state index is -0.551. The molecule has 112 valence electrons. The van der Waals surface area contributed by atoms with Crippen LogP contribution in [0.5, 0.6) is 0 Å². The van der Waals surface area contributed by atoms with Gasteiger partial charge in [0.05, 0.1) is 18.9 Å². The van der Waals surface area contributed by atoms with Gasteiger partial charge in [-0.1, -0.05) is 20.8 Å². The highest BCUT2D eigenvalue weighted by Crippen LogP contribution is 2.23. The quantitative estimate of drug-likeness (QED) is 0.678. The van der Waals surface area contributed by atoms with E-state index in [-0.39, 0.29) is 18.3 Å². The average Bonchev–Trinajstić information content (AvgIpc) is 2.40. The average molecular weight is 272 g/mol. The van der Waals surface area contributed by atoms with Gasteiger partial charge < -0.3 is 15.4 Å². The summed E-state index contributed by atoms with van der Waals surface area (Å²) in [6.45, 7) is 9.26. The van der Waals surface area contributed by atoms with E-state index in [9.17, 15) is 9.59 Å². The molecular formula is C14H28N2O3. The van der Waals surface area contributed by atoms with E-state index in [1.54, 1.807) is 4.90 Å². The fraction of sp³-hybridized carbons (Fsp3) is 0.857. The SMILES string of the molecule is CCC(C)(CN)C(=O)N(CCC(=O)OC)CC(C)C. The second-order valence-electron chi connectivity index (χ2n) is 5.59. The van der Waals surface area contributed by atoms with Crippen LogP contribution in [0, 0.1) is 11.3 Å². The van der Waals surface area contributed by atoms with Gasteiger partial charge in [0, 0.05) is 19.6 Å². The molecule has 0 radical (unpaired) electrons. The van der Waals surface area contributed by atoms with Crippen LogP contribution in [0.1, 0.15) is 40.5 Å². The number of hydrogen-bond donors (Lipinski definition) is 1. The molecule has 0 aliphatic rings. The second-order valence-corrected chi connectivity index (χ2v) is 5.59. The van der Waals surface area contributed by atoms with Gasteiger partial charge in [-0.25, -0.2) is 0 Å². The predicted octanol–water partition coefficient (Wildman–Crippen LogP) is 1.41. The van der Waals surface area contributed by atoms with Crippen LogP contribution in [0.2, 0.25) is 0 Å². The summed E-state index contributed by atoms with van der Waals surface area (Å²) in [7, 11) is 1.35. The Kier molecular flexibility index (Phi) is 7.68. The fourth-order valence-electron chi connectivity index (χ4n) is 1.81. The van der Waals surface area contributed by atoms with Gasteiger partial charge in [-0.15, -0.1) is 0 Å². The second kappa shape index (κ2) is 8.15. The molecule has 2 N–H and O–H groups in total. The zero-order chi connectivity index (χ0) is 15.1.